The lowest BCUT2D eigenvalue weighted by atomic mass is 9.62. The number of para-hydroxylation sites is 8. The monoisotopic (exact) mass is 1580 g/mol. The van der Waals surface area contributed by atoms with Crippen LogP contribution in [-0.4, -0.2) is 9.97 Å². The molecule has 6 heterocycles. The number of fused-ring (bicyclic) bond motifs is 10. The van der Waals surface area contributed by atoms with E-state index in [9.17, 15) is 10.5 Å². The van der Waals surface area contributed by atoms with Crippen LogP contribution in [0.1, 0.15) is 55.6 Å². The lowest BCUT2D eigenvalue weighted by Crippen LogP contribution is -2.37. The molecule has 17 aromatic carbocycles. The highest BCUT2D eigenvalue weighted by molar-refractivity contribution is 6.09. The fraction of sp³-hybridized carbons (Fsp3) is 0.0172. The third-order valence-corrected chi connectivity index (χ3v) is 24.7. The predicted octanol–water partition coefficient (Wildman–Crippen LogP) is 29.7. The Bertz CT molecular complexity index is 7570. The molecule has 0 saturated carbocycles. The first-order valence-electron chi connectivity index (χ1n) is 41.8. The minimum absolute atomic E-state index is 0.568. The van der Waals surface area contributed by atoms with Gasteiger partial charge in [-0.3, -0.25) is 0 Å². The maximum Gasteiger partial charge on any atom is 0.140 e. The lowest BCUT2D eigenvalue weighted by Gasteiger charge is -2.46. The minimum Gasteiger partial charge on any atom is -0.456 e. The van der Waals surface area contributed by atoms with Gasteiger partial charge in [0, 0.05) is 66.3 Å². The van der Waals surface area contributed by atoms with Crippen LogP contribution >= 0.6 is 0 Å². The summed E-state index contributed by atoms with van der Waals surface area (Å²) in [4.78, 5) is 15.1. The van der Waals surface area contributed by atoms with Gasteiger partial charge in [-0.25, -0.2) is 9.97 Å². The van der Waals surface area contributed by atoms with Crippen molar-refractivity contribution in [3.05, 3.63) is 505 Å². The highest BCUT2D eigenvalue weighted by Gasteiger charge is 2.50. The number of pyridine rings is 2. The zero-order valence-electron chi connectivity index (χ0n) is 67.2. The molecule has 580 valence electrons. The number of aromatic nitrogens is 2. The van der Waals surface area contributed by atoms with Gasteiger partial charge in [-0.15, -0.1) is 0 Å². The predicted molar refractivity (Wildman–Crippen MR) is 504 cm³/mol. The Morgan fingerprint density at radius 3 is 0.935 bits per heavy atom. The molecule has 0 atom stereocenters. The van der Waals surface area contributed by atoms with E-state index in [0.29, 0.717) is 11.1 Å². The second-order valence-electron chi connectivity index (χ2n) is 31.6. The van der Waals surface area contributed by atoms with E-state index < -0.39 is 10.8 Å². The van der Waals surface area contributed by atoms with Crippen molar-refractivity contribution in [1.82, 2.24) is 9.97 Å². The van der Waals surface area contributed by atoms with E-state index in [-0.39, 0.29) is 0 Å². The quantitative estimate of drug-likeness (QED) is 0.112. The summed E-state index contributed by atoms with van der Waals surface area (Å²) in [6.07, 6.45) is 0. The maximum absolute atomic E-state index is 10.6. The van der Waals surface area contributed by atoms with Gasteiger partial charge in [-0.2, -0.15) is 10.5 Å². The average Bonchev–Trinajstić information content (AvgIpc) is 1.04. The van der Waals surface area contributed by atoms with Crippen molar-refractivity contribution in [2.75, 3.05) is 9.80 Å². The number of anilines is 6. The summed E-state index contributed by atoms with van der Waals surface area (Å²) in [7, 11) is 0. The molecule has 4 aromatic heterocycles. The van der Waals surface area contributed by atoms with E-state index in [1.54, 1.807) is 0 Å². The molecule has 8 nitrogen and oxygen atoms in total. The third kappa shape index (κ3) is 12.3. The molecule has 0 radical (unpaired) electrons. The van der Waals surface area contributed by atoms with Crippen LogP contribution in [0.3, 0.4) is 0 Å². The number of benzene rings is 17. The molecule has 0 N–H and O–H groups in total. The number of hydrogen-bond donors (Lipinski definition) is 0. The summed E-state index contributed by atoms with van der Waals surface area (Å²) in [6, 6.07) is 162. The first-order chi connectivity index (χ1) is 61.4. The van der Waals surface area contributed by atoms with Crippen molar-refractivity contribution in [3.63, 3.8) is 0 Å². The van der Waals surface area contributed by atoms with Crippen LogP contribution in [0.5, 0.6) is 0 Å². The van der Waals surface area contributed by atoms with Crippen molar-refractivity contribution in [1.29, 1.82) is 10.5 Å². The molecule has 0 aliphatic carbocycles. The molecular weight excluding hydrogens is 1510 g/mol. The van der Waals surface area contributed by atoms with Crippen molar-refractivity contribution in [2.24, 2.45) is 0 Å². The molecule has 0 amide bonds. The van der Waals surface area contributed by atoms with Gasteiger partial charge in [0.05, 0.1) is 79.6 Å². The normalized spacial score (nSPS) is 12.8. The second kappa shape index (κ2) is 30.9. The Kier molecular flexibility index (Phi) is 18.3. The van der Waals surface area contributed by atoms with Gasteiger partial charge in [-0.1, -0.05) is 346 Å². The Hall–Kier alpha value is -16.8. The number of rotatable bonds is 13. The maximum atomic E-state index is 10.6. The van der Waals surface area contributed by atoms with Crippen LogP contribution in [0.15, 0.2) is 458 Å². The Labute approximate surface area is 718 Å². The van der Waals surface area contributed by atoms with E-state index >= 15 is 0 Å². The lowest BCUT2D eigenvalue weighted by molar-refractivity contribution is 0.643. The van der Waals surface area contributed by atoms with Gasteiger partial charge in [0.1, 0.15) is 22.3 Å². The second-order valence-corrected chi connectivity index (χ2v) is 31.6. The van der Waals surface area contributed by atoms with Crippen molar-refractivity contribution in [2.45, 2.75) is 10.8 Å². The van der Waals surface area contributed by atoms with Gasteiger partial charge in [0.2, 0.25) is 0 Å². The van der Waals surface area contributed by atoms with E-state index in [4.69, 9.17) is 18.8 Å². The van der Waals surface area contributed by atoms with E-state index in [0.717, 1.165) is 201 Å². The third-order valence-electron chi connectivity index (χ3n) is 24.7. The van der Waals surface area contributed by atoms with Crippen LogP contribution in [-0.2, 0) is 10.8 Å². The fourth-order valence-corrected chi connectivity index (χ4v) is 19.3. The van der Waals surface area contributed by atoms with Crippen molar-refractivity contribution >= 4 is 78.0 Å². The molecule has 0 saturated heterocycles. The summed E-state index contributed by atoms with van der Waals surface area (Å²) in [6.45, 7) is 0. The van der Waals surface area contributed by atoms with Gasteiger partial charge in [0.15, 0.2) is 0 Å². The number of hydrogen-bond acceptors (Lipinski definition) is 8. The molecule has 0 bridgehead atoms. The number of nitriles is 2. The van der Waals surface area contributed by atoms with Gasteiger partial charge < -0.3 is 18.6 Å². The Morgan fingerprint density at radius 2 is 0.540 bits per heavy atom. The zero-order chi connectivity index (χ0) is 82.7. The highest BCUT2D eigenvalue weighted by atomic mass is 16.3. The van der Waals surface area contributed by atoms with E-state index in [1.165, 1.54) is 0 Å². The number of furan rings is 2. The summed E-state index contributed by atoms with van der Waals surface area (Å²) in [5.41, 5.74) is 31.4. The van der Waals surface area contributed by atoms with Gasteiger partial charge >= 0.3 is 0 Å². The molecule has 124 heavy (non-hydrogen) atoms. The van der Waals surface area contributed by atoms with Crippen LogP contribution < -0.4 is 9.80 Å². The Morgan fingerprint density at radius 1 is 0.234 bits per heavy atom. The van der Waals surface area contributed by atoms with Crippen LogP contribution in [0, 0.1) is 22.7 Å². The molecular formula is C116H74N6O2. The molecule has 8 heteroatoms. The van der Waals surface area contributed by atoms with Crippen molar-refractivity contribution in [3.8, 4) is 90.5 Å². The zero-order valence-corrected chi connectivity index (χ0v) is 67.2. The summed E-state index contributed by atoms with van der Waals surface area (Å²) in [5.74, 6) is 0. The van der Waals surface area contributed by atoms with Gasteiger partial charge in [0.25, 0.3) is 0 Å². The molecule has 0 spiro atoms. The van der Waals surface area contributed by atoms with Gasteiger partial charge in [-0.05, 0) is 170 Å². The standard InChI is InChI=1S/C61H39N3O.C55H35N3O/c62-40-43-23-10-11-26-49(43)46-35-44(45-38-55(41-19-4-1-5-20-41)63-56(39-45)42-21-6-2-7-22-42)36-48(37-46)64-57-32-15-13-29-52(57)61(47-24-8-3-9-25-47,53-30-14-16-33-58(53)64)54-31-18-28-51-50-27-12-17-34-59(50)65-60(51)54;56-36-37-31-40(41-34-49(38-17-4-1-5-18-38)57-50(35-41)39-19-6-2-7-20-39)33-43(32-37)58-51-28-13-11-25-46(51)55(42-21-8-3-9-22-42,47-26-12-14-29-52(47)58)48-27-16-24-45-44-23-10-15-30-53(44)59-54(45)48/h1-39H;1-35H. The minimum atomic E-state index is -0.771. The molecule has 2 aliphatic rings. The SMILES string of the molecule is N#Cc1cc(-c2cc(-c3ccccc3)nc(-c3ccccc3)c2)cc(N2c3ccccc3C(c3ccccc3)(c3cccc4c3oc3ccccc34)c3ccccc32)c1.N#Cc1ccccc1-c1cc(-c2cc(-c3ccccc3)nc(-c3ccccc3)c2)cc(N2c3ccccc3C(c3ccccc3)(c3cccc4c3oc3ccccc34)c3ccccc32)c1. The molecule has 21 aromatic rings. The summed E-state index contributed by atoms with van der Waals surface area (Å²) < 4.78 is 13.8. The smallest absolute Gasteiger partial charge is 0.140 e. The summed E-state index contributed by atoms with van der Waals surface area (Å²) in [5, 5.41) is 25.5. The molecule has 2 aliphatic heterocycles. The first-order valence-corrected chi connectivity index (χ1v) is 41.8. The van der Waals surface area contributed by atoms with E-state index in [1.807, 2.05) is 103 Å². The molecule has 0 unspecified atom stereocenters. The first kappa shape index (κ1) is 73.6. The van der Waals surface area contributed by atoms with Crippen LogP contribution in [0.25, 0.3) is 122 Å². The highest BCUT2D eigenvalue weighted by Crippen LogP contribution is 2.62. The topological polar surface area (TPSA) is 106 Å². The van der Waals surface area contributed by atoms with E-state index in [2.05, 4.69) is 368 Å². The average molecular weight is 1580 g/mol. The Balaban J connectivity index is 0.000000148. The largest absolute Gasteiger partial charge is 0.456 e. The molecule has 23 rings (SSSR count). The van der Waals surface area contributed by atoms with Crippen molar-refractivity contribution < 1.29 is 8.83 Å². The summed E-state index contributed by atoms with van der Waals surface area (Å²) >= 11 is 0. The number of nitrogens with zero attached hydrogens (tertiary/aromatic N) is 6. The van der Waals surface area contributed by atoms with Crippen LogP contribution in [0.2, 0.25) is 0 Å². The molecule has 0 fully saturated rings. The fourth-order valence-electron chi connectivity index (χ4n) is 19.3. The van der Waals surface area contributed by atoms with Crippen LogP contribution in [0.4, 0.5) is 34.1 Å².